The maximum absolute atomic E-state index is 12.6. The van der Waals surface area contributed by atoms with E-state index in [2.05, 4.69) is 4.74 Å². The van der Waals surface area contributed by atoms with Crippen molar-refractivity contribution in [2.45, 2.75) is 18.4 Å². The lowest BCUT2D eigenvalue weighted by Crippen LogP contribution is -2.33. The topological polar surface area (TPSA) is 44.5 Å². The van der Waals surface area contributed by atoms with E-state index in [1.54, 1.807) is 24.3 Å². The van der Waals surface area contributed by atoms with Gasteiger partial charge in [0.2, 0.25) is 0 Å². The van der Waals surface area contributed by atoms with Gasteiger partial charge in [-0.05, 0) is 17.7 Å². The van der Waals surface area contributed by atoms with Crippen molar-refractivity contribution >= 4 is 0 Å². The van der Waals surface area contributed by atoms with Crippen molar-refractivity contribution in [3.8, 4) is 5.75 Å². The van der Waals surface area contributed by atoms with Crippen molar-refractivity contribution in [3.05, 3.63) is 29.8 Å². The Morgan fingerprint density at radius 1 is 1.32 bits per heavy atom. The molecule has 1 atom stereocenters. The Balaban J connectivity index is 2.49. The molecule has 0 radical (unpaired) electrons. The van der Waals surface area contributed by atoms with Gasteiger partial charge in [0.05, 0.1) is 19.8 Å². The van der Waals surface area contributed by atoms with Crippen LogP contribution in [0.2, 0.25) is 0 Å². The predicted octanol–water partition coefficient (Wildman–Crippen LogP) is 2.61. The van der Waals surface area contributed by atoms with Crippen molar-refractivity contribution in [2.24, 2.45) is 5.73 Å². The van der Waals surface area contributed by atoms with Gasteiger partial charge in [-0.25, -0.2) is 8.78 Å². The SMILES string of the molecule is COc1cccc(C(N)COCC(F)(F)C(F)F)c1. The van der Waals surface area contributed by atoms with Gasteiger partial charge in [0.25, 0.3) is 0 Å². The van der Waals surface area contributed by atoms with Crippen LogP contribution < -0.4 is 10.5 Å². The number of alkyl halides is 4. The van der Waals surface area contributed by atoms with Crippen LogP contribution in [-0.2, 0) is 4.74 Å². The van der Waals surface area contributed by atoms with Gasteiger partial charge >= 0.3 is 12.3 Å². The van der Waals surface area contributed by atoms with Crippen molar-refractivity contribution in [1.82, 2.24) is 0 Å². The Kier molecular flexibility index (Phi) is 5.56. The van der Waals surface area contributed by atoms with Crippen LogP contribution in [0.5, 0.6) is 5.75 Å². The fraction of sp³-hybridized carbons (Fsp3) is 0.500. The minimum Gasteiger partial charge on any atom is -0.497 e. The number of hydrogen-bond donors (Lipinski definition) is 1. The molecule has 0 amide bonds. The van der Waals surface area contributed by atoms with E-state index in [1.165, 1.54) is 7.11 Å². The molecule has 0 aliphatic heterocycles. The standard InChI is InChI=1S/C12H15F4NO2/c1-18-9-4-2-3-8(5-9)10(17)6-19-7-12(15,16)11(13)14/h2-5,10-11H,6-7,17H2,1H3. The van der Waals surface area contributed by atoms with E-state index in [-0.39, 0.29) is 6.61 Å². The first-order valence-electron chi connectivity index (χ1n) is 5.50. The lowest BCUT2D eigenvalue weighted by molar-refractivity contribution is -0.166. The Hall–Kier alpha value is -1.34. The summed E-state index contributed by atoms with van der Waals surface area (Å²) in [6, 6.07) is 5.98. The molecule has 0 aromatic heterocycles. The zero-order chi connectivity index (χ0) is 14.5. The van der Waals surface area contributed by atoms with Gasteiger partial charge in [0.1, 0.15) is 12.4 Å². The van der Waals surface area contributed by atoms with E-state index in [1.807, 2.05) is 0 Å². The number of halogens is 4. The van der Waals surface area contributed by atoms with Crippen molar-refractivity contribution in [3.63, 3.8) is 0 Å². The highest BCUT2D eigenvalue weighted by Crippen LogP contribution is 2.24. The quantitative estimate of drug-likeness (QED) is 0.781. The molecule has 7 heteroatoms. The lowest BCUT2D eigenvalue weighted by Gasteiger charge is -2.18. The maximum Gasteiger partial charge on any atom is 0.330 e. The molecule has 0 spiro atoms. The molecule has 0 saturated carbocycles. The summed E-state index contributed by atoms with van der Waals surface area (Å²) in [5.41, 5.74) is 6.32. The van der Waals surface area contributed by atoms with Gasteiger partial charge in [-0.1, -0.05) is 12.1 Å². The van der Waals surface area contributed by atoms with E-state index >= 15 is 0 Å². The summed E-state index contributed by atoms with van der Waals surface area (Å²) in [5, 5.41) is 0. The third kappa shape index (κ3) is 4.68. The minimum absolute atomic E-state index is 0.282. The van der Waals surface area contributed by atoms with Crippen molar-refractivity contribution in [1.29, 1.82) is 0 Å². The average molecular weight is 281 g/mol. The summed E-state index contributed by atoms with van der Waals surface area (Å²) in [6.07, 6.45) is -3.75. The van der Waals surface area contributed by atoms with Gasteiger partial charge in [0.15, 0.2) is 0 Å². The molecular weight excluding hydrogens is 266 g/mol. The van der Waals surface area contributed by atoms with Gasteiger partial charge < -0.3 is 15.2 Å². The van der Waals surface area contributed by atoms with Crippen LogP contribution in [0.1, 0.15) is 11.6 Å². The summed E-state index contributed by atoms with van der Waals surface area (Å²) < 4.78 is 58.5. The molecule has 1 unspecified atom stereocenters. The Morgan fingerprint density at radius 3 is 2.58 bits per heavy atom. The molecule has 1 aromatic rings. The fourth-order valence-corrected chi connectivity index (χ4v) is 1.35. The second-order valence-electron chi connectivity index (χ2n) is 3.96. The summed E-state index contributed by atoms with van der Waals surface area (Å²) in [6.45, 7) is -1.64. The highest BCUT2D eigenvalue weighted by molar-refractivity contribution is 5.30. The smallest absolute Gasteiger partial charge is 0.330 e. The molecule has 2 N–H and O–H groups in total. The number of ether oxygens (including phenoxy) is 2. The van der Waals surface area contributed by atoms with E-state index in [0.717, 1.165) is 0 Å². The van der Waals surface area contributed by atoms with Crippen LogP contribution in [-0.4, -0.2) is 32.7 Å². The predicted molar refractivity (Wildman–Crippen MR) is 61.7 cm³/mol. The number of nitrogens with two attached hydrogens (primary N) is 1. The van der Waals surface area contributed by atoms with Gasteiger partial charge in [-0.15, -0.1) is 0 Å². The number of methoxy groups -OCH3 is 1. The van der Waals surface area contributed by atoms with Crippen LogP contribution in [0.4, 0.5) is 17.6 Å². The number of benzene rings is 1. The highest BCUT2D eigenvalue weighted by atomic mass is 19.3. The summed E-state index contributed by atoms with van der Waals surface area (Å²) in [4.78, 5) is 0. The van der Waals surface area contributed by atoms with Crippen LogP contribution >= 0.6 is 0 Å². The van der Waals surface area contributed by atoms with Gasteiger partial charge in [0, 0.05) is 0 Å². The first-order valence-corrected chi connectivity index (χ1v) is 5.50. The average Bonchev–Trinajstić information content (AvgIpc) is 2.38. The molecular formula is C12H15F4NO2. The second-order valence-corrected chi connectivity index (χ2v) is 3.96. The zero-order valence-corrected chi connectivity index (χ0v) is 10.3. The Morgan fingerprint density at radius 2 is 2.00 bits per heavy atom. The molecule has 0 aliphatic rings. The third-order valence-electron chi connectivity index (χ3n) is 2.43. The number of rotatable bonds is 7. The summed E-state index contributed by atoms with van der Waals surface area (Å²) in [5.74, 6) is -3.60. The number of hydrogen-bond acceptors (Lipinski definition) is 3. The molecule has 19 heavy (non-hydrogen) atoms. The van der Waals surface area contributed by atoms with Crippen LogP contribution in [0.3, 0.4) is 0 Å². The molecule has 0 heterocycles. The molecule has 0 fully saturated rings. The molecule has 3 nitrogen and oxygen atoms in total. The molecule has 0 bridgehead atoms. The lowest BCUT2D eigenvalue weighted by atomic mass is 10.1. The molecule has 1 aromatic carbocycles. The minimum atomic E-state index is -4.16. The summed E-state index contributed by atoms with van der Waals surface area (Å²) in [7, 11) is 1.48. The monoisotopic (exact) mass is 281 g/mol. The van der Waals surface area contributed by atoms with Crippen LogP contribution in [0.25, 0.3) is 0 Å². The first kappa shape index (κ1) is 15.7. The van der Waals surface area contributed by atoms with E-state index in [0.29, 0.717) is 11.3 Å². The fourth-order valence-electron chi connectivity index (χ4n) is 1.35. The summed E-state index contributed by atoms with van der Waals surface area (Å²) >= 11 is 0. The molecule has 108 valence electrons. The van der Waals surface area contributed by atoms with Gasteiger partial charge in [-0.3, -0.25) is 0 Å². The van der Waals surface area contributed by atoms with Gasteiger partial charge in [-0.2, -0.15) is 8.78 Å². The first-order chi connectivity index (χ1) is 8.86. The molecule has 1 rings (SSSR count). The van der Waals surface area contributed by atoms with E-state index in [9.17, 15) is 17.6 Å². The van der Waals surface area contributed by atoms with Crippen LogP contribution in [0.15, 0.2) is 24.3 Å². The van der Waals surface area contributed by atoms with Crippen molar-refractivity contribution in [2.75, 3.05) is 20.3 Å². The zero-order valence-electron chi connectivity index (χ0n) is 10.3. The Bertz CT molecular complexity index is 401. The molecule has 0 saturated heterocycles. The Labute approximate surface area is 108 Å². The normalized spacial score (nSPS) is 13.6. The van der Waals surface area contributed by atoms with Crippen LogP contribution in [0, 0.1) is 0 Å². The van der Waals surface area contributed by atoms with E-state index in [4.69, 9.17) is 10.5 Å². The highest BCUT2D eigenvalue weighted by Gasteiger charge is 2.41. The maximum atomic E-state index is 12.6. The largest absolute Gasteiger partial charge is 0.497 e. The van der Waals surface area contributed by atoms with Crippen molar-refractivity contribution < 1.29 is 27.0 Å². The van der Waals surface area contributed by atoms with E-state index < -0.39 is 25.0 Å². The third-order valence-corrected chi connectivity index (χ3v) is 2.43. The molecule has 0 aliphatic carbocycles. The second kappa shape index (κ2) is 6.72.